The summed E-state index contributed by atoms with van der Waals surface area (Å²) in [5.41, 5.74) is 21.1. The van der Waals surface area contributed by atoms with Crippen molar-refractivity contribution in [2.75, 3.05) is 41.3 Å². The minimum Gasteiger partial charge on any atom is -0.481 e. The molecule has 6 atom stereocenters. The van der Waals surface area contributed by atoms with Crippen molar-refractivity contribution in [3.8, 4) is 0 Å². The Morgan fingerprint density at radius 3 is 1.46 bits per heavy atom. The van der Waals surface area contributed by atoms with Gasteiger partial charge in [0.1, 0.15) is 0 Å². The molecule has 59 heavy (non-hydrogen) atoms. The molecule has 0 spiro atoms. The summed E-state index contributed by atoms with van der Waals surface area (Å²) in [5.74, 6) is -1.73. The maximum atomic E-state index is 12.8. The molecule has 3 amide bonds. The molecule has 8 N–H and O–H groups in total. The van der Waals surface area contributed by atoms with Crippen LogP contribution in [0.5, 0.6) is 0 Å². The summed E-state index contributed by atoms with van der Waals surface area (Å²) >= 11 is 12.4. The number of aliphatic carboxylic acids is 1. The molecule has 11 nitrogen and oxygen atoms in total. The minimum atomic E-state index is -0.675. The third-order valence-electron chi connectivity index (χ3n) is 11.8. The maximum Gasteiger partial charge on any atom is 0.307 e. The first-order valence-corrected chi connectivity index (χ1v) is 20.4. The molecule has 0 aliphatic heterocycles. The van der Waals surface area contributed by atoms with E-state index in [-0.39, 0.29) is 40.7 Å². The lowest BCUT2D eigenvalue weighted by molar-refractivity contribution is -0.139. The van der Waals surface area contributed by atoms with E-state index < -0.39 is 17.8 Å². The Morgan fingerprint density at radius 1 is 0.695 bits per heavy atom. The number of carbonyl (C=O) groups excluding carboxylic acids is 3. The van der Waals surface area contributed by atoms with Gasteiger partial charge >= 0.3 is 5.97 Å². The van der Waals surface area contributed by atoms with E-state index in [1.165, 1.54) is 5.56 Å². The van der Waals surface area contributed by atoms with Crippen LogP contribution < -0.4 is 22.5 Å². The summed E-state index contributed by atoms with van der Waals surface area (Å²) < 4.78 is 0. The van der Waals surface area contributed by atoms with Crippen molar-refractivity contribution >= 4 is 46.9 Å². The molecule has 316 valence electrons. The number of primary amides is 2. The Labute approximate surface area is 358 Å². The van der Waals surface area contributed by atoms with E-state index in [0.717, 1.165) is 36.0 Å². The smallest absolute Gasteiger partial charge is 0.307 e. The molecule has 0 radical (unpaired) electrons. The SMILES string of the molecule is CN(C)[C@H](CN)Cc1ccc(C(N)=O)cc1Cl.CN(C)[C@H](CNC(=O)[C@@H]1C[C@]1(C)c1ccccc1)Cc1ccc(C(N)=O)cc1Cl.C[C@]1(c2ccccc2)C[C@H]1C(=O)O. The first-order valence-electron chi connectivity index (χ1n) is 19.6. The first-order chi connectivity index (χ1) is 27.8. The second-order valence-corrected chi connectivity index (χ2v) is 17.2. The fourth-order valence-corrected chi connectivity index (χ4v) is 7.76. The molecule has 0 heterocycles. The number of carboxylic acid groups (broad SMARTS) is 1. The Morgan fingerprint density at radius 2 is 1.10 bits per heavy atom. The van der Waals surface area contributed by atoms with Crippen molar-refractivity contribution in [3.63, 3.8) is 0 Å². The molecular formula is C46H58Cl2N6O5. The molecular weight excluding hydrogens is 787 g/mol. The molecule has 2 saturated carbocycles. The molecule has 0 unspecified atom stereocenters. The van der Waals surface area contributed by atoms with Crippen LogP contribution in [-0.2, 0) is 33.3 Å². The van der Waals surface area contributed by atoms with Gasteiger partial charge in [0.05, 0.1) is 5.92 Å². The van der Waals surface area contributed by atoms with E-state index in [9.17, 15) is 19.2 Å². The summed E-state index contributed by atoms with van der Waals surface area (Å²) in [6, 6.07) is 30.6. The Balaban J connectivity index is 0.000000216. The molecule has 2 fully saturated rings. The summed E-state index contributed by atoms with van der Waals surface area (Å²) in [5, 5.41) is 13.0. The highest BCUT2D eigenvalue weighted by Gasteiger charge is 2.56. The molecule has 2 aliphatic rings. The van der Waals surface area contributed by atoms with Gasteiger partial charge in [-0.3, -0.25) is 19.2 Å². The van der Waals surface area contributed by atoms with Crippen LogP contribution in [0.25, 0.3) is 0 Å². The van der Waals surface area contributed by atoms with Crippen LogP contribution in [0.4, 0.5) is 0 Å². The number of carboxylic acids is 1. The standard InChI is InChI=1S/C23H28ClN3O2.C12H18ClN3O.C11H12O2/c1-23(17-7-5-4-6-8-17)13-19(23)22(29)26-14-18(27(2)3)11-15-9-10-16(21(25)28)12-20(15)24;1-16(2)10(7-14)5-8-3-4-9(12(15)17)6-11(8)13;1-11(7-9(11)10(12)13)8-5-3-2-4-6-8/h4-10,12,18-19H,11,13-14H2,1-3H3,(H2,25,28)(H,26,29);3-4,6,10H,5,7,14H2,1-2H3,(H2,15,17);2-6,9H,7H2,1H3,(H,12,13)/t18-,19-,23+;10-;9-,11+/m000/s1. The zero-order chi connectivity index (χ0) is 43.7. The maximum absolute atomic E-state index is 12.8. The zero-order valence-corrected chi connectivity index (χ0v) is 36.3. The van der Waals surface area contributed by atoms with Crippen molar-refractivity contribution < 1.29 is 24.3 Å². The molecule has 0 saturated heterocycles. The van der Waals surface area contributed by atoms with Crippen molar-refractivity contribution in [2.24, 2.45) is 29.0 Å². The number of rotatable bonds is 15. The number of benzene rings is 4. The zero-order valence-electron chi connectivity index (χ0n) is 34.8. The lowest BCUT2D eigenvalue weighted by Crippen LogP contribution is -2.42. The second kappa shape index (κ2) is 20.5. The Hall–Kier alpha value is -4.78. The van der Waals surface area contributed by atoms with Gasteiger partial charge in [-0.25, -0.2) is 0 Å². The van der Waals surface area contributed by atoms with Crippen LogP contribution in [0, 0.1) is 11.8 Å². The number of nitrogens with zero attached hydrogens (tertiary/aromatic N) is 2. The largest absolute Gasteiger partial charge is 0.481 e. The van der Waals surface area contributed by atoms with Gasteiger partial charge in [-0.1, -0.05) is 110 Å². The number of nitrogens with two attached hydrogens (primary N) is 3. The Bertz CT molecular complexity index is 2080. The highest BCUT2D eigenvalue weighted by molar-refractivity contribution is 6.32. The van der Waals surface area contributed by atoms with Gasteiger partial charge in [0, 0.05) is 63.1 Å². The quantitative estimate of drug-likeness (QED) is 0.0976. The number of nitrogens with one attached hydrogen (secondary N) is 1. The van der Waals surface area contributed by atoms with E-state index in [2.05, 4.69) is 34.2 Å². The number of hydrogen-bond donors (Lipinski definition) is 5. The number of likely N-dealkylation sites (N-methyl/N-ethyl adjacent to an activating group) is 2. The third-order valence-corrected chi connectivity index (χ3v) is 12.5. The van der Waals surface area contributed by atoms with E-state index >= 15 is 0 Å². The normalized spacial score (nSPS) is 21.2. The third kappa shape index (κ3) is 12.4. The Kier molecular flexibility index (Phi) is 16.3. The number of amides is 3. The summed E-state index contributed by atoms with van der Waals surface area (Å²) in [4.78, 5) is 49.9. The lowest BCUT2D eigenvalue weighted by atomic mass is 9.95. The fourth-order valence-electron chi connectivity index (χ4n) is 7.24. The second-order valence-electron chi connectivity index (χ2n) is 16.4. The van der Waals surface area contributed by atoms with Crippen LogP contribution in [0.15, 0.2) is 97.1 Å². The lowest BCUT2D eigenvalue weighted by Gasteiger charge is -2.25. The van der Waals surface area contributed by atoms with E-state index in [4.69, 9.17) is 45.5 Å². The first kappa shape index (κ1) is 46.9. The summed E-state index contributed by atoms with van der Waals surface area (Å²) in [6.45, 7) is 5.25. The van der Waals surface area contributed by atoms with Crippen molar-refractivity contribution in [2.45, 2.75) is 62.4 Å². The minimum absolute atomic E-state index is 0.00569. The topological polar surface area (TPSA) is 185 Å². The van der Waals surface area contributed by atoms with Crippen LogP contribution in [0.1, 0.15) is 69.7 Å². The highest BCUT2D eigenvalue weighted by atomic mass is 35.5. The predicted octanol–water partition coefficient (Wildman–Crippen LogP) is 5.92. The number of hydrogen-bond acceptors (Lipinski definition) is 7. The summed E-state index contributed by atoms with van der Waals surface area (Å²) in [7, 11) is 7.91. The van der Waals surface area contributed by atoms with Gasteiger partial charge in [0.25, 0.3) is 0 Å². The molecule has 13 heteroatoms. The molecule has 0 bridgehead atoms. The average molecular weight is 846 g/mol. The van der Waals surface area contributed by atoms with Gasteiger partial charge < -0.3 is 37.4 Å². The molecule has 4 aromatic carbocycles. The predicted molar refractivity (Wildman–Crippen MR) is 236 cm³/mol. The fraction of sp³-hybridized carbons (Fsp3) is 0.391. The molecule has 4 aromatic rings. The van der Waals surface area contributed by atoms with E-state index in [1.807, 2.05) is 95.8 Å². The molecule has 0 aromatic heterocycles. The van der Waals surface area contributed by atoms with Crippen molar-refractivity contribution in [1.82, 2.24) is 15.1 Å². The van der Waals surface area contributed by atoms with Crippen LogP contribution >= 0.6 is 23.2 Å². The van der Waals surface area contributed by atoms with Crippen LogP contribution in [0.2, 0.25) is 10.0 Å². The molecule has 2 aliphatic carbocycles. The monoisotopic (exact) mass is 844 g/mol. The van der Waals surface area contributed by atoms with Gasteiger partial charge in [-0.2, -0.15) is 0 Å². The number of carbonyl (C=O) groups is 4. The van der Waals surface area contributed by atoms with Gasteiger partial charge in [0.15, 0.2) is 0 Å². The van der Waals surface area contributed by atoms with Crippen LogP contribution in [0.3, 0.4) is 0 Å². The van der Waals surface area contributed by atoms with Gasteiger partial charge in [-0.05, 0) is 100 Å². The van der Waals surface area contributed by atoms with E-state index in [1.54, 1.807) is 24.3 Å². The summed E-state index contributed by atoms with van der Waals surface area (Å²) in [6.07, 6.45) is 3.05. The molecule has 6 rings (SSSR count). The van der Waals surface area contributed by atoms with Gasteiger partial charge in [-0.15, -0.1) is 0 Å². The van der Waals surface area contributed by atoms with Crippen molar-refractivity contribution in [3.05, 3.63) is 140 Å². The highest BCUT2D eigenvalue weighted by Crippen LogP contribution is 2.54. The van der Waals surface area contributed by atoms with Gasteiger partial charge in [0.2, 0.25) is 17.7 Å². The van der Waals surface area contributed by atoms with E-state index in [0.29, 0.717) is 40.7 Å². The van der Waals surface area contributed by atoms with Crippen molar-refractivity contribution in [1.29, 1.82) is 0 Å². The number of halogens is 2. The van der Waals surface area contributed by atoms with Crippen LogP contribution in [-0.4, -0.2) is 92.0 Å². The average Bonchev–Trinajstić information content (AvgIpc) is 4.11.